The van der Waals surface area contributed by atoms with Crippen LogP contribution in [0.4, 0.5) is 0 Å². The average Bonchev–Trinajstić information content (AvgIpc) is 3.16. The molecular formula is C16H26N4O2. The van der Waals surface area contributed by atoms with Crippen LogP contribution >= 0.6 is 0 Å². The fraction of sp³-hybridized carbons (Fsp3) is 0.750. The second-order valence-corrected chi connectivity index (χ2v) is 6.16. The van der Waals surface area contributed by atoms with E-state index in [0.29, 0.717) is 0 Å². The molecule has 0 saturated carbocycles. The molecule has 1 aromatic rings. The Morgan fingerprint density at radius 1 is 1.32 bits per heavy atom. The number of nitrogens with zero attached hydrogens (tertiary/aromatic N) is 4. The third-order valence-electron chi connectivity index (χ3n) is 4.52. The minimum Gasteiger partial charge on any atom is -0.368 e. The van der Waals surface area contributed by atoms with E-state index in [-0.39, 0.29) is 12.0 Å². The molecule has 0 aromatic carbocycles. The van der Waals surface area contributed by atoms with Gasteiger partial charge in [-0.15, -0.1) is 0 Å². The number of hydrogen-bond acceptors (Lipinski definition) is 4. The van der Waals surface area contributed by atoms with E-state index in [9.17, 15) is 4.79 Å². The molecule has 2 saturated heterocycles. The van der Waals surface area contributed by atoms with Crippen molar-refractivity contribution in [1.29, 1.82) is 0 Å². The first-order valence-electron chi connectivity index (χ1n) is 8.40. The fourth-order valence-electron chi connectivity index (χ4n) is 3.24. The Hall–Kier alpha value is -1.40. The lowest BCUT2D eigenvalue weighted by molar-refractivity contribution is -0.140. The largest absolute Gasteiger partial charge is 0.368 e. The van der Waals surface area contributed by atoms with Crippen molar-refractivity contribution >= 4 is 5.91 Å². The SMILES string of the molecule is CCn1cc(CN2CCCN(C(=O)C3CCCO3)CC2)cn1. The Morgan fingerprint density at radius 2 is 2.23 bits per heavy atom. The minimum atomic E-state index is -0.186. The number of rotatable bonds is 4. The Labute approximate surface area is 132 Å². The van der Waals surface area contributed by atoms with Crippen LogP contribution in [-0.4, -0.2) is 64.4 Å². The van der Waals surface area contributed by atoms with Crippen molar-refractivity contribution in [2.24, 2.45) is 0 Å². The van der Waals surface area contributed by atoms with Crippen molar-refractivity contribution in [3.8, 4) is 0 Å². The van der Waals surface area contributed by atoms with Crippen LogP contribution in [-0.2, 0) is 22.6 Å². The lowest BCUT2D eigenvalue weighted by atomic mass is 10.2. The first kappa shape index (κ1) is 15.5. The number of hydrogen-bond donors (Lipinski definition) is 0. The van der Waals surface area contributed by atoms with Crippen molar-refractivity contribution in [3.63, 3.8) is 0 Å². The number of aryl methyl sites for hydroxylation is 1. The number of amides is 1. The maximum absolute atomic E-state index is 12.4. The van der Waals surface area contributed by atoms with Crippen LogP contribution < -0.4 is 0 Å². The highest BCUT2D eigenvalue weighted by molar-refractivity contribution is 5.81. The van der Waals surface area contributed by atoms with Crippen LogP contribution in [0.5, 0.6) is 0 Å². The predicted molar refractivity (Wildman–Crippen MR) is 83.3 cm³/mol. The normalized spacial score (nSPS) is 23.7. The summed E-state index contributed by atoms with van der Waals surface area (Å²) in [7, 11) is 0. The molecule has 6 heteroatoms. The predicted octanol–water partition coefficient (Wildman–Crippen LogP) is 1.12. The molecule has 1 unspecified atom stereocenters. The zero-order valence-corrected chi connectivity index (χ0v) is 13.4. The van der Waals surface area contributed by atoms with E-state index in [4.69, 9.17) is 4.74 Å². The lowest BCUT2D eigenvalue weighted by Crippen LogP contribution is -2.41. The second-order valence-electron chi connectivity index (χ2n) is 6.16. The molecular weight excluding hydrogens is 280 g/mol. The van der Waals surface area contributed by atoms with Gasteiger partial charge in [0.05, 0.1) is 6.20 Å². The fourth-order valence-corrected chi connectivity index (χ4v) is 3.24. The highest BCUT2D eigenvalue weighted by Gasteiger charge is 2.29. The molecule has 0 bridgehead atoms. The molecule has 0 aliphatic carbocycles. The highest BCUT2D eigenvalue weighted by Crippen LogP contribution is 2.16. The van der Waals surface area contributed by atoms with Gasteiger partial charge in [-0.2, -0.15) is 5.10 Å². The summed E-state index contributed by atoms with van der Waals surface area (Å²) in [6, 6.07) is 0. The summed E-state index contributed by atoms with van der Waals surface area (Å²) in [5, 5.41) is 4.33. The van der Waals surface area contributed by atoms with Gasteiger partial charge in [-0.1, -0.05) is 0 Å². The van der Waals surface area contributed by atoms with E-state index in [2.05, 4.69) is 23.1 Å². The maximum atomic E-state index is 12.4. The molecule has 2 fully saturated rings. The maximum Gasteiger partial charge on any atom is 0.251 e. The van der Waals surface area contributed by atoms with Crippen LogP contribution in [0.15, 0.2) is 12.4 Å². The number of carbonyl (C=O) groups excluding carboxylic acids is 1. The molecule has 1 aromatic heterocycles. The summed E-state index contributed by atoms with van der Waals surface area (Å²) in [6.45, 7) is 8.27. The molecule has 2 aliphatic heterocycles. The zero-order chi connectivity index (χ0) is 15.4. The minimum absolute atomic E-state index is 0.186. The zero-order valence-electron chi connectivity index (χ0n) is 13.4. The van der Waals surface area contributed by atoms with Crippen molar-refractivity contribution < 1.29 is 9.53 Å². The van der Waals surface area contributed by atoms with Crippen LogP contribution in [0.2, 0.25) is 0 Å². The van der Waals surface area contributed by atoms with Gasteiger partial charge in [0, 0.05) is 57.6 Å². The highest BCUT2D eigenvalue weighted by atomic mass is 16.5. The number of carbonyl (C=O) groups is 1. The summed E-state index contributed by atoms with van der Waals surface area (Å²) >= 11 is 0. The first-order valence-corrected chi connectivity index (χ1v) is 8.40. The van der Waals surface area contributed by atoms with E-state index in [1.165, 1.54) is 5.56 Å². The molecule has 0 N–H and O–H groups in total. The van der Waals surface area contributed by atoms with Crippen LogP contribution in [0.1, 0.15) is 31.7 Å². The molecule has 2 aliphatic rings. The lowest BCUT2D eigenvalue weighted by Gasteiger charge is -2.24. The van der Waals surface area contributed by atoms with Crippen molar-refractivity contribution in [2.45, 2.75) is 45.4 Å². The molecule has 1 atom stereocenters. The van der Waals surface area contributed by atoms with Gasteiger partial charge in [-0.25, -0.2) is 0 Å². The van der Waals surface area contributed by atoms with Gasteiger partial charge in [0.2, 0.25) is 0 Å². The van der Waals surface area contributed by atoms with Gasteiger partial charge >= 0.3 is 0 Å². The molecule has 3 heterocycles. The summed E-state index contributed by atoms with van der Waals surface area (Å²) in [4.78, 5) is 16.8. The summed E-state index contributed by atoms with van der Waals surface area (Å²) in [5.41, 5.74) is 1.25. The van der Waals surface area contributed by atoms with Crippen LogP contribution in [0.25, 0.3) is 0 Å². The standard InChI is InChI=1S/C16H26N4O2/c1-2-20-13-14(11-17-20)12-18-6-4-7-19(9-8-18)16(21)15-5-3-10-22-15/h11,13,15H,2-10,12H2,1H3. The first-order chi connectivity index (χ1) is 10.8. The Bertz CT molecular complexity index is 496. The Balaban J connectivity index is 1.52. The van der Waals surface area contributed by atoms with Crippen LogP contribution in [0.3, 0.4) is 0 Å². The van der Waals surface area contributed by atoms with Crippen molar-refractivity contribution in [2.75, 3.05) is 32.8 Å². The quantitative estimate of drug-likeness (QED) is 0.836. The van der Waals surface area contributed by atoms with Crippen molar-refractivity contribution in [1.82, 2.24) is 19.6 Å². The monoisotopic (exact) mass is 306 g/mol. The Morgan fingerprint density at radius 3 is 2.95 bits per heavy atom. The summed E-state index contributed by atoms with van der Waals surface area (Å²) in [5.74, 6) is 0.193. The second kappa shape index (κ2) is 7.24. The van der Waals surface area contributed by atoms with Gasteiger partial charge in [0.15, 0.2) is 0 Å². The van der Waals surface area contributed by atoms with Crippen molar-refractivity contribution in [3.05, 3.63) is 18.0 Å². The molecule has 22 heavy (non-hydrogen) atoms. The summed E-state index contributed by atoms with van der Waals surface area (Å²) < 4.78 is 7.49. The van der Waals surface area contributed by atoms with Crippen LogP contribution in [0, 0.1) is 0 Å². The molecule has 1 amide bonds. The number of aromatic nitrogens is 2. The van der Waals surface area contributed by atoms with Gasteiger partial charge < -0.3 is 9.64 Å². The molecule has 6 nitrogen and oxygen atoms in total. The molecule has 3 rings (SSSR count). The molecule has 0 radical (unpaired) electrons. The van der Waals surface area contributed by atoms with Gasteiger partial charge in [0.25, 0.3) is 5.91 Å². The molecule has 0 spiro atoms. The van der Waals surface area contributed by atoms with E-state index < -0.39 is 0 Å². The smallest absolute Gasteiger partial charge is 0.251 e. The molecule has 122 valence electrons. The van der Waals surface area contributed by atoms with Gasteiger partial charge in [0.1, 0.15) is 6.10 Å². The average molecular weight is 306 g/mol. The third kappa shape index (κ3) is 3.67. The van der Waals surface area contributed by atoms with E-state index in [1.807, 2.05) is 15.8 Å². The van der Waals surface area contributed by atoms with E-state index >= 15 is 0 Å². The van der Waals surface area contributed by atoms with Gasteiger partial charge in [-0.3, -0.25) is 14.4 Å². The van der Waals surface area contributed by atoms with E-state index in [1.54, 1.807) is 0 Å². The Kier molecular flexibility index (Phi) is 5.10. The summed E-state index contributed by atoms with van der Waals surface area (Å²) in [6.07, 6.45) is 6.80. The number of ether oxygens (including phenoxy) is 1. The topological polar surface area (TPSA) is 50.6 Å². The third-order valence-corrected chi connectivity index (χ3v) is 4.52. The van der Waals surface area contributed by atoms with Gasteiger partial charge in [-0.05, 0) is 26.2 Å². The van der Waals surface area contributed by atoms with E-state index in [0.717, 1.165) is 65.1 Å².